The van der Waals surface area contributed by atoms with Crippen LogP contribution in [0.4, 0.5) is 13.2 Å². The van der Waals surface area contributed by atoms with Gasteiger partial charge in [0.15, 0.2) is 0 Å². The van der Waals surface area contributed by atoms with E-state index in [4.69, 9.17) is 4.52 Å². The monoisotopic (exact) mass is 353 g/mol. The first-order chi connectivity index (χ1) is 11.9. The highest BCUT2D eigenvalue weighted by Crippen LogP contribution is 2.31. The smallest absolute Gasteiger partial charge is 0.343 e. The molecule has 5 nitrogen and oxygen atoms in total. The van der Waals surface area contributed by atoms with Crippen LogP contribution in [-0.4, -0.2) is 34.0 Å². The lowest BCUT2D eigenvalue weighted by molar-refractivity contribution is -0.137. The molecule has 1 amide bonds. The van der Waals surface area contributed by atoms with Crippen LogP contribution in [0, 0.1) is 0 Å². The fourth-order valence-electron chi connectivity index (χ4n) is 2.82. The van der Waals surface area contributed by atoms with Gasteiger partial charge in [-0.3, -0.25) is 4.79 Å². The molecule has 0 aliphatic carbocycles. The van der Waals surface area contributed by atoms with Crippen molar-refractivity contribution < 1.29 is 22.5 Å². The quantitative estimate of drug-likeness (QED) is 0.841. The molecule has 1 aliphatic rings. The Morgan fingerprint density at radius 2 is 1.96 bits per heavy atom. The largest absolute Gasteiger partial charge is 0.416 e. The molecular formula is C17H18F3N3O2. The third-order valence-electron chi connectivity index (χ3n) is 4.18. The van der Waals surface area contributed by atoms with E-state index in [9.17, 15) is 18.0 Å². The Morgan fingerprint density at radius 1 is 1.20 bits per heavy atom. The molecule has 3 rings (SSSR count). The van der Waals surface area contributed by atoms with E-state index in [1.165, 1.54) is 12.1 Å². The maximum Gasteiger partial charge on any atom is 0.416 e. The number of aromatic nitrogens is 2. The molecule has 1 aromatic carbocycles. The van der Waals surface area contributed by atoms with Gasteiger partial charge in [0, 0.05) is 31.5 Å². The van der Waals surface area contributed by atoms with Crippen molar-refractivity contribution in [2.75, 3.05) is 13.1 Å². The standard InChI is InChI=1S/C17H18F3N3O2/c18-17(19,20)13-6-4-5-12(11-13)16-21-14(25-22-16)7-8-15(24)23-9-2-1-3-10-23/h4-6,11H,1-3,7-10H2. The zero-order chi connectivity index (χ0) is 17.9. The first-order valence-corrected chi connectivity index (χ1v) is 8.21. The lowest BCUT2D eigenvalue weighted by atomic mass is 10.1. The second-order valence-corrected chi connectivity index (χ2v) is 6.03. The van der Waals surface area contributed by atoms with E-state index in [-0.39, 0.29) is 36.0 Å². The molecule has 1 aliphatic heterocycles. The molecular weight excluding hydrogens is 335 g/mol. The summed E-state index contributed by atoms with van der Waals surface area (Å²) in [5.74, 6) is 0.378. The predicted molar refractivity (Wildman–Crippen MR) is 83.5 cm³/mol. The first-order valence-electron chi connectivity index (χ1n) is 8.21. The fourth-order valence-corrected chi connectivity index (χ4v) is 2.82. The molecule has 0 radical (unpaired) electrons. The zero-order valence-electron chi connectivity index (χ0n) is 13.6. The number of benzene rings is 1. The molecule has 0 atom stereocenters. The second kappa shape index (κ2) is 7.25. The number of carbonyl (C=O) groups is 1. The molecule has 0 N–H and O–H groups in total. The van der Waals surface area contributed by atoms with Gasteiger partial charge in [0.1, 0.15) is 0 Å². The topological polar surface area (TPSA) is 59.2 Å². The van der Waals surface area contributed by atoms with Crippen LogP contribution in [0.3, 0.4) is 0 Å². The Morgan fingerprint density at radius 3 is 2.68 bits per heavy atom. The first kappa shape index (κ1) is 17.4. The summed E-state index contributed by atoms with van der Waals surface area (Å²) in [5.41, 5.74) is -0.538. The van der Waals surface area contributed by atoms with Gasteiger partial charge in [-0.15, -0.1) is 0 Å². The number of carbonyl (C=O) groups excluding carboxylic acids is 1. The number of alkyl halides is 3. The van der Waals surface area contributed by atoms with Crippen molar-refractivity contribution in [1.82, 2.24) is 15.0 Å². The van der Waals surface area contributed by atoms with E-state index in [1.54, 1.807) is 0 Å². The van der Waals surface area contributed by atoms with Crippen LogP contribution in [0.25, 0.3) is 11.4 Å². The number of rotatable bonds is 4. The summed E-state index contributed by atoms with van der Waals surface area (Å²) in [4.78, 5) is 18.0. The van der Waals surface area contributed by atoms with Crippen molar-refractivity contribution in [2.45, 2.75) is 38.3 Å². The summed E-state index contributed by atoms with van der Waals surface area (Å²) in [5, 5.41) is 3.72. The van der Waals surface area contributed by atoms with E-state index < -0.39 is 11.7 Å². The van der Waals surface area contributed by atoms with Gasteiger partial charge in [-0.2, -0.15) is 18.2 Å². The van der Waals surface area contributed by atoms with Gasteiger partial charge >= 0.3 is 6.18 Å². The van der Waals surface area contributed by atoms with Crippen LogP contribution in [0.1, 0.15) is 37.1 Å². The van der Waals surface area contributed by atoms with Crippen molar-refractivity contribution in [3.63, 3.8) is 0 Å². The Kier molecular flexibility index (Phi) is 5.06. The van der Waals surface area contributed by atoms with Gasteiger partial charge in [-0.1, -0.05) is 17.3 Å². The van der Waals surface area contributed by atoms with Crippen LogP contribution in [-0.2, 0) is 17.4 Å². The van der Waals surface area contributed by atoms with Gasteiger partial charge < -0.3 is 9.42 Å². The van der Waals surface area contributed by atoms with Crippen LogP contribution in [0.2, 0.25) is 0 Å². The summed E-state index contributed by atoms with van der Waals surface area (Å²) in [6, 6.07) is 4.76. The number of amides is 1. The molecule has 1 fully saturated rings. The normalized spacial score (nSPS) is 15.4. The number of hydrogen-bond acceptors (Lipinski definition) is 4. The second-order valence-electron chi connectivity index (χ2n) is 6.03. The number of nitrogens with zero attached hydrogens (tertiary/aromatic N) is 3. The van der Waals surface area contributed by atoms with E-state index in [1.807, 2.05) is 4.90 Å². The van der Waals surface area contributed by atoms with Crippen molar-refractivity contribution in [3.8, 4) is 11.4 Å². The highest BCUT2D eigenvalue weighted by atomic mass is 19.4. The number of likely N-dealkylation sites (tertiary alicyclic amines) is 1. The highest BCUT2D eigenvalue weighted by molar-refractivity contribution is 5.76. The maximum absolute atomic E-state index is 12.8. The highest BCUT2D eigenvalue weighted by Gasteiger charge is 2.30. The fraction of sp³-hybridized carbons (Fsp3) is 0.471. The van der Waals surface area contributed by atoms with Gasteiger partial charge in [-0.05, 0) is 31.4 Å². The molecule has 134 valence electrons. The maximum atomic E-state index is 12.8. The van der Waals surface area contributed by atoms with Gasteiger partial charge in [-0.25, -0.2) is 0 Å². The Hall–Kier alpha value is -2.38. The molecule has 2 aromatic rings. The average Bonchev–Trinajstić information content (AvgIpc) is 3.09. The minimum absolute atomic E-state index is 0.0403. The molecule has 0 spiro atoms. The summed E-state index contributed by atoms with van der Waals surface area (Å²) < 4.78 is 43.4. The molecule has 8 heteroatoms. The van der Waals surface area contributed by atoms with Crippen molar-refractivity contribution >= 4 is 5.91 Å². The minimum atomic E-state index is -4.43. The van der Waals surface area contributed by atoms with E-state index >= 15 is 0 Å². The third kappa shape index (κ3) is 4.37. The van der Waals surface area contributed by atoms with E-state index in [0.29, 0.717) is 0 Å². The Labute approximate surface area is 142 Å². The summed E-state index contributed by atoms with van der Waals surface area (Å²) in [7, 11) is 0. The van der Waals surface area contributed by atoms with Crippen LogP contribution >= 0.6 is 0 Å². The molecule has 0 bridgehead atoms. The lowest BCUT2D eigenvalue weighted by Gasteiger charge is -2.26. The molecule has 2 heterocycles. The van der Waals surface area contributed by atoms with Crippen LogP contribution in [0.15, 0.2) is 28.8 Å². The number of halogens is 3. The number of piperidine rings is 1. The van der Waals surface area contributed by atoms with Crippen LogP contribution < -0.4 is 0 Å². The molecule has 1 aromatic heterocycles. The lowest BCUT2D eigenvalue weighted by Crippen LogP contribution is -2.35. The minimum Gasteiger partial charge on any atom is -0.343 e. The number of aryl methyl sites for hydroxylation is 1. The average molecular weight is 353 g/mol. The third-order valence-corrected chi connectivity index (χ3v) is 4.18. The van der Waals surface area contributed by atoms with Crippen LogP contribution in [0.5, 0.6) is 0 Å². The predicted octanol–water partition coefficient (Wildman–Crippen LogP) is 3.70. The summed E-state index contributed by atoms with van der Waals surface area (Å²) in [6.45, 7) is 1.55. The number of hydrogen-bond donors (Lipinski definition) is 0. The molecule has 1 saturated heterocycles. The molecule has 0 unspecified atom stereocenters. The summed E-state index contributed by atoms with van der Waals surface area (Å²) >= 11 is 0. The molecule has 25 heavy (non-hydrogen) atoms. The van der Waals surface area contributed by atoms with Gasteiger partial charge in [0.05, 0.1) is 5.56 Å². The van der Waals surface area contributed by atoms with E-state index in [0.717, 1.165) is 44.5 Å². The molecule has 0 saturated carbocycles. The van der Waals surface area contributed by atoms with Crippen molar-refractivity contribution in [2.24, 2.45) is 0 Å². The Bertz CT molecular complexity index is 737. The van der Waals surface area contributed by atoms with Crippen molar-refractivity contribution in [3.05, 3.63) is 35.7 Å². The Balaban J connectivity index is 1.63. The van der Waals surface area contributed by atoms with E-state index in [2.05, 4.69) is 10.1 Å². The SMILES string of the molecule is O=C(CCc1nc(-c2cccc(C(F)(F)F)c2)no1)N1CCCCC1. The zero-order valence-corrected chi connectivity index (χ0v) is 13.6. The summed E-state index contributed by atoms with van der Waals surface area (Å²) in [6.07, 6.45) is -0.708. The van der Waals surface area contributed by atoms with Gasteiger partial charge in [0.25, 0.3) is 0 Å². The van der Waals surface area contributed by atoms with Crippen molar-refractivity contribution in [1.29, 1.82) is 0 Å². The van der Waals surface area contributed by atoms with Gasteiger partial charge in [0.2, 0.25) is 17.6 Å².